The van der Waals surface area contributed by atoms with Crippen molar-refractivity contribution < 1.29 is 4.39 Å². The van der Waals surface area contributed by atoms with E-state index in [1.807, 2.05) is 6.20 Å². The van der Waals surface area contributed by atoms with Gasteiger partial charge in [0.2, 0.25) is 5.95 Å². The molecule has 5 heteroatoms. The van der Waals surface area contributed by atoms with Crippen LogP contribution < -0.4 is 5.32 Å². The number of nitrogens with zero attached hydrogens (tertiary/aromatic N) is 2. The highest BCUT2D eigenvalue weighted by atomic mass is 35.5. The molecule has 1 N–H and O–H groups in total. The van der Waals surface area contributed by atoms with E-state index in [1.165, 1.54) is 31.7 Å². The Morgan fingerprint density at radius 1 is 1.32 bits per heavy atom. The van der Waals surface area contributed by atoms with Gasteiger partial charge in [-0.15, -0.1) is 0 Å². The predicted molar refractivity (Wildman–Crippen MR) is 74.4 cm³/mol. The van der Waals surface area contributed by atoms with Crippen molar-refractivity contribution in [3.8, 4) is 0 Å². The van der Waals surface area contributed by atoms with Crippen LogP contribution in [0.4, 0.5) is 16.0 Å². The molecule has 0 saturated heterocycles. The molecule has 3 rings (SSSR count). The first-order chi connectivity index (χ1) is 9.24. The molecule has 0 radical (unpaired) electrons. The third-order valence-electron chi connectivity index (χ3n) is 3.56. The van der Waals surface area contributed by atoms with Gasteiger partial charge in [0.05, 0.1) is 5.02 Å². The summed E-state index contributed by atoms with van der Waals surface area (Å²) >= 11 is 5.78. The summed E-state index contributed by atoms with van der Waals surface area (Å²) < 4.78 is 15.3. The van der Waals surface area contributed by atoms with Crippen molar-refractivity contribution in [1.82, 2.24) is 9.55 Å². The lowest BCUT2D eigenvalue weighted by Crippen LogP contribution is -2.07. The molecule has 1 fully saturated rings. The van der Waals surface area contributed by atoms with Crippen molar-refractivity contribution in [2.45, 2.75) is 31.7 Å². The second kappa shape index (κ2) is 5.21. The van der Waals surface area contributed by atoms with Crippen LogP contribution >= 0.6 is 11.6 Å². The van der Waals surface area contributed by atoms with Crippen molar-refractivity contribution in [3.05, 3.63) is 41.4 Å². The fraction of sp³-hybridized carbons (Fsp3) is 0.357. The highest BCUT2D eigenvalue weighted by Crippen LogP contribution is 2.32. The SMILES string of the molecule is Fc1ccc(Nc2nccn2C2CCCC2)cc1Cl. The summed E-state index contributed by atoms with van der Waals surface area (Å²) in [5, 5.41) is 3.31. The summed E-state index contributed by atoms with van der Waals surface area (Å²) in [5.74, 6) is 0.376. The zero-order valence-electron chi connectivity index (χ0n) is 10.4. The van der Waals surface area contributed by atoms with E-state index in [1.54, 1.807) is 18.3 Å². The van der Waals surface area contributed by atoms with Gasteiger partial charge in [-0.1, -0.05) is 24.4 Å². The fourth-order valence-corrected chi connectivity index (χ4v) is 2.77. The molecule has 100 valence electrons. The highest BCUT2D eigenvalue weighted by Gasteiger charge is 2.19. The molecule has 0 atom stereocenters. The topological polar surface area (TPSA) is 29.9 Å². The second-order valence-corrected chi connectivity index (χ2v) is 5.26. The van der Waals surface area contributed by atoms with E-state index in [0.717, 1.165) is 11.6 Å². The molecule has 0 amide bonds. The predicted octanol–water partition coefficient (Wildman–Crippen LogP) is 4.53. The molecule has 3 nitrogen and oxygen atoms in total. The minimum atomic E-state index is -0.411. The minimum Gasteiger partial charge on any atom is -0.326 e. The van der Waals surface area contributed by atoms with E-state index in [2.05, 4.69) is 14.9 Å². The Labute approximate surface area is 116 Å². The monoisotopic (exact) mass is 279 g/mol. The van der Waals surface area contributed by atoms with Crippen molar-refractivity contribution in [1.29, 1.82) is 0 Å². The fourth-order valence-electron chi connectivity index (χ4n) is 2.59. The van der Waals surface area contributed by atoms with E-state index in [0.29, 0.717) is 6.04 Å². The van der Waals surface area contributed by atoms with Crippen LogP contribution in [0.1, 0.15) is 31.7 Å². The van der Waals surface area contributed by atoms with Gasteiger partial charge in [0, 0.05) is 24.1 Å². The number of aromatic nitrogens is 2. The third-order valence-corrected chi connectivity index (χ3v) is 3.85. The lowest BCUT2D eigenvalue weighted by Gasteiger charge is -2.15. The minimum absolute atomic E-state index is 0.115. The largest absolute Gasteiger partial charge is 0.326 e. The molecule has 0 aliphatic heterocycles. The number of halogens is 2. The molecule has 1 aliphatic rings. The van der Waals surface area contributed by atoms with Crippen LogP contribution in [-0.4, -0.2) is 9.55 Å². The van der Waals surface area contributed by atoms with Gasteiger partial charge in [0.25, 0.3) is 0 Å². The summed E-state index contributed by atoms with van der Waals surface area (Å²) in [5.41, 5.74) is 0.747. The first-order valence-electron chi connectivity index (χ1n) is 6.49. The lowest BCUT2D eigenvalue weighted by atomic mass is 10.2. The Kier molecular flexibility index (Phi) is 3.42. The molecular formula is C14H15ClFN3. The van der Waals surface area contributed by atoms with E-state index in [4.69, 9.17) is 11.6 Å². The van der Waals surface area contributed by atoms with Crippen molar-refractivity contribution in [2.24, 2.45) is 0 Å². The Balaban J connectivity index is 1.83. The highest BCUT2D eigenvalue weighted by molar-refractivity contribution is 6.31. The van der Waals surface area contributed by atoms with Crippen LogP contribution in [0.5, 0.6) is 0 Å². The number of imidazole rings is 1. The Morgan fingerprint density at radius 2 is 2.11 bits per heavy atom. The van der Waals surface area contributed by atoms with Crippen molar-refractivity contribution in [2.75, 3.05) is 5.32 Å². The van der Waals surface area contributed by atoms with Gasteiger partial charge in [-0.2, -0.15) is 0 Å². The summed E-state index contributed by atoms with van der Waals surface area (Å²) in [6, 6.07) is 5.10. The summed E-state index contributed by atoms with van der Waals surface area (Å²) in [6.07, 6.45) is 8.69. The van der Waals surface area contributed by atoms with Crippen LogP contribution in [0.25, 0.3) is 0 Å². The summed E-state index contributed by atoms with van der Waals surface area (Å²) in [7, 11) is 0. The normalized spacial score (nSPS) is 15.9. The lowest BCUT2D eigenvalue weighted by molar-refractivity contribution is 0.525. The Hall–Kier alpha value is -1.55. The molecule has 0 bridgehead atoms. The number of nitrogens with one attached hydrogen (secondary N) is 1. The van der Waals surface area contributed by atoms with Gasteiger partial charge in [0.15, 0.2) is 0 Å². The van der Waals surface area contributed by atoms with E-state index >= 15 is 0 Å². The zero-order valence-corrected chi connectivity index (χ0v) is 11.2. The average Bonchev–Trinajstić information content (AvgIpc) is 3.04. The molecule has 1 aromatic carbocycles. The van der Waals surface area contributed by atoms with Crippen LogP contribution in [0.3, 0.4) is 0 Å². The second-order valence-electron chi connectivity index (χ2n) is 4.85. The van der Waals surface area contributed by atoms with Crippen molar-refractivity contribution in [3.63, 3.8) is 0 Å². The maximum absolute atomic E-state index is 13.1. The van der Waals surface area contributed by atoms with Gasteiger partial charge in [-0.3, -0.25) is 0 Å². The third kappa shape index (κ3) is 2.59. The quantitative estimate of drug-likeness (QED) is 0.894. The molecule has 2 aromatic rings. The van der Waals surface area contributed by atoms with Gasteiger partial charge in [-0.05, 0) is 31.0 Å². The first-order valence-corrected chi connectivity index (χ1v) is 6.87. The summed E-state index contributed by atoms with van der Waals surface area (Å²) in [4.78, 5) is 4.32. The van der Waals surface area contributed by atoms with Gasteiger partial charge in [-0.25, -0.2) is 9.37 Å². The molecule has 0 spiro atoms. The molecule has 1 saturated carbocycles. The van der Waals surface area contributed by atoms with E-state index in [-0.39, 0.29) is 5.02 Å². The number of anilines is 2. The molecule has 1 aromatic heterocycles. The average molecular weight is 280 g/mol. The molecule has 1 heterocycles. The summed E-state index contributed by atoms with van der Waals surface area (Å²) in [6.45, 7) is 0. The van der Waals surface area contributed by atoms with Crippen LogP contribution in [0.15, 0.2) is 30.6 Å². The van der Waals surface area contributed by atoms with Gasteiger partial charge < -0.3 is 9.88 Å². The zero-order chi connectivity index (χ0) is 13.2. The maximum atomic E-state index is 13.1. The Morgan fingerprint density at radius 3 is 2.84 bits per heavy atom. The number of benzene rings is 1. The van der Waals surface area contributed by atoms with E-state index < -0.39 is 5.82 Å². The molecule has 1 aliphatic carbocycles. The van der Waals surface area contributed by atoms with Crippen LogP contribution in [0, 0.1) is 5.82 Å². The maximum Gasteiger partial charge on any atom is 0.207 e. The Bertz CT molecular complexity index is 576. The molecule has 0 unspecified atom stereocenters. The molecular weight excluding hydrogens is 265 g/mol. The number of rotatable bonds is 3. The van der Waals surface area contributed by atoms with E-state index in [9.17, 15) is 4.39 Å². The van der Waals surface area contributed by atoms with Crippen LogP contribution in [-0.2, 0) is 0 Å². The number of hydrogen-bond acceptors (Lipinski definition) is 2. The van der Waals surface area contributed by atoms with Crippen molar-refractivity contribution >= 4 is 23.2 Å². The number of hydrogen-bond donors (Lipinski definition) is 1. The van der Waals surface area contributed by atoms with Crippen LogP contribution in [0.2, 0.25) is 5.02 Å². The molecule has 19 heavy (non-hydrogen) atoms. The van der Waals surface area contributed by atoms with Gasteiger partial charge >= 0.3 is 0 Å². The van der Waals surface area contributed by atoms with Gasteiger partial charge in [0.1, 0.15) is 5.82 Å². The smallest absolute Gasteiger partial charge is 0.207 e. The standard InChI is InChI=1S/C14H15ClFN3/c15-12-9-10(5-6-13(12)16)18-14-17-7-8-19(14)11-3-1-2-4-11/h5-9,11H,1-4H2,(H,17,18). The first kappa shape index (κ1) is 12.5.